The third-order valence-electron chi connectivity index (χ3n) is 7.35. The highest BCUT2D eigenvalue weighted by molar-refractivity contribution is 5.90. The van der Waals surface area contributed by atoms with Gasteiger partial charge < -0.3 is 19.9 Å². The summed E-state index contributed by atoms with van der Waals surface area (Å²) in [6, 6.07) is 13.2. The van der Waals surface area contributed by atoms with Crippen molar-refractivity contribution in [3.63, 3.8) is 0 Å². The van der Waals surface area contributed by atoms with Crippen LogP contribution in [-0.4, -0.2) is 67.0 Å². The largest absolute Gasteiger partial charge is 0.380 e. The highest BCUT2D eigenvalue weighted by atomic mass is 19.1. The van der Waals surface area contributed by atoms with E-state index in [1.165, 1.54) is 18.2 Å². The number of anilines is 2. The molecule has 4 heterocycles. The number of hydrogen-bond acceptors (Lipinski definition) is 7. The van der Waals surface area contributed by atoms with Crippen molar-refractivity contribution in [2.24, 2.45) is 0 Å². The van der Waals surface area contributed by atoms with Crippen LogP contribution in [0.15, 0.2) is 48.7 Å². The van der Waals surface area contributed by atoms with E-state index < -0.39 is 11.6 Å². The molecule has 38 heavy (non-hydrogen) atoms. The maximum atomic E-state index is 15.9. The van der Waals surface area contributed by atoms with Gasteiger partial charge in [0, 0.05) is 63.8 Å². The summed E-state index contributed by atoms with van der Waals surface area (Å²) < 4.78 is 37.6. The fourth-order valence-electron chi connectivity index (χ4n) is 5.32. The average molecular weight is 516 g/mol. The lowest BCUT2D eigenvalue weighted by molar-refractivity contribution is 0.121. The Kier molecular flexibility index (Phi) is 6.39. The van der Waals surface area contributed by atoms with Crippen molar-refractivity contribution in [1.29, 1.82) is 5.26 Å². The highest BCUT2D eigenvalue weighted by Gasteiger charge is 2.26. The number of fused-ring (bicyclic) bond motifs is 1. The molecular weight excluding hydrogens is 488 g/mol. The lowest BCUT2D eigenvalue weighted by Crippen LogP contribution is -2.43. The number of hydrogen-bond donors (Lipinski definition) is 1. The number of nitrogens with one attached hydrogen (secondary N) is 1. The molecule has 2 aliphatic heterocycles. The lowest BCUT2D eigenvalue weighted by atomic mass is 10.1. The average Bonchev–Trinajstić information content (AvgIpc) is 3.59. The van der Waals surface area contributed by atoms with Crippen molar-refractivity contribution >= 4 is 22.5 Å². The maximum Gasteiger partial charge on any atom is 0.167 e. The van der Waals surface area contributed by atoms with Crippen LogP contribution in [0.5, 0.6) is 0 Å². The molecule has 4 aromatic rings. The standard InChI is InChI=1S/C28H27F2N7O/c1-38-21-7-11-36(17-21)20-4-5-24(23(30)15-20)37-27(18-2-3-19(16-31)22(29)14-18)34-26-25(6-8-33-28(26)37)35-12-9-32-10-13-35/h2-6,8,14-15,21,32H,7,9-13,17H2,1H3/t21-/m0/s1. The molecule has 2 fully saturated rings. The van der Waals surface area contributed by atoms with E-state index in [1.807, 2.05) is 18.2 Å². The lowest BCUT2D eigenvalue weighted by Gasteiger charge is -2.29. The fourth-order valence-corrected chi connectivity index (χ4v) is 5.32. The molecule has 10 heteroatoms. The van der Waals surface area contributed by atoms with Crippen LogP contribution in [-0.2, 0) is 4.74 Å². The molecule has 2 saturated heterocycles. The summed E-state index contributed by atoms with van der Waals surface area (Å²) in [5.41, 5.74) is 3.39. The molecule has 0 radical (unpaired) electrons. The molecule has 2 aliphatic rings. The Hall–Kier alpha value is -4.07. The first-order valence-electron chi connectivity index (χ1n) is 12.7. The van der Waals surface area contributed by atoms with Crippen LogP contribution in [0.2, 0.25) is 0 Å². The van der Waals surface area contributed by atoms with Gasteiger partial charge in [-0.15, -0.1) is 0 Å². The molecule has 0 saturated carbocycles. The van der Waals surface area contributed by atoms with Crippen LogP contribution in [0, 0.1) is 23.0 Å². The summed E-state index contributed by atoms with van der Waals surface area (Å²) >= 11 is 0. The molecule has 0 amide bonds. The number of aromatic nitrogens is 3. The van der Waals surface area contributed by atoms with E-state index in [4.69, 9.17) is 9.72 Å². The van der Waals surface area contributed by atoms with Gasteiger partial charge in [-0.2, -0.15) is 5.26 Å². The van der Waals surface area contributed by atoms with E-state index in [0.29, 0.717) is 29.1 Å². The van der Waals surface area contributed by atoms with Crippen molar-refractivity contribution in [3.05, 3.63) is 65.9 Å². The highest BCUT2D eigenvalue weighted by Crippen LogP contribution is 2.35. The van der Waals surface area contributed by atoms with Crippen molar-refractivity contribution in [3.8, 4) is 23.1 Å². The van der Waals surface area contributed by atoms with Gasteiger partial charge >= 0.3 is 0 Å². The molecule has 8 nitrogen and oxygen atoms in total. The molecule has 194 valence electrons. The van der Waals surface area contributed by atoms with Crippen LogP contribution < -0.4 is 15.1 Å². The monoisotopic (exact) mass is 515 g/mol. The minimum atomic E-state index is -0.656. The molecule has 6 rings (SSSR count). The molecule has 0 spiro atoms. The summed E-state index contributed by atoms with van der Waals surface area (Å²) in [6.07, 6.45) is 2.71. The predicted octanol–water partition coefficient (Wildman–Crippen LogP) is 3.87. The Balaban J connectivity index is 1.51. The molecule has 1 atom stereocenters. The van der Waals surface area contributed by atoms with E-state index in [-0.39, 0.29) is 17.4 Å². The molecule has 0 aliphatic carbocycles. The maximum absolute atomic E-state index is 15.9. The van der Waals surface area contributed by atoms with Gasteiger partial charge in [0.05, 0.1) is 23.0 Å². The first-order chi connectivity index (χ1) is 18.6. The minimum absolute atomic E-state index is 0.0634. The zero-order chi connectivity index (χ0) is 26.2. The SMILES string of the molecule is CO[C@H]1CCN(c2ccc(-n3c(-c4ccc(C#N)c(F)c4)nc4c(N5CCNCC5)ccnc43)c(F)c2)C1. The number of pyridine rings is 1. The fraction of sp³-hybridized carbons (Fsp3) is 0.321. The van der Waals surface area contributed by atoms with E-state index >= 15 is 4.39 Å². The molecule has 2 aromatic carbocycles. The van der Waals surface area contributed by atoms with Crippen LogP contribution in [0.4, 0.5) is 20.2 Å². The number of piperazine rings is 1. The first kappa shape index (κ1) is 24.3. The van der Waals surface area contributed by atoms with E-state index in [2.05, 4.69) is 20.1 Å². The summed E-state index contributed by atoms with van der Waals surface area (Å²) in [5.74, 6) is -0.741. The normalized spacial score (nSPS) is 17.8. The summed E-state index contributed by atoms with van der Waals surface area (Å²) in [6.45, 7) is 4.77. The van der Waals surface area contributed by atoms with Gasteiger partial charge in [-0.1, -0.05) is 0 Å². The van der Waals surface area contributed by atoms with E-state index in [1.54, 1.807) is 30.0 Å². The second kappa shape index (κ2) is 10.0. The number of imidazole rings is 1. The van der Waals surface area contributed by atoms with Crippen molar-refractivity contribution < 1.29 is 13.5 Å². The zero-order valence-corrected chi connectivity index (χ0v) is 21.0. The molecule has 1 N–H and O–H groups in total. The van der Waals surface area contributed by atoms with Gasteiger partial charge in [-0.3, -0.25) is 4.57 Å². The van der Waals surface area contributed by atoms with Crippen molar-refractivity contribution in [1.82, 2.24) is 19.9 Å². The van der Waals surface area contributed by atoms with Crippen molar-refractivity contribution in [2.75, 3.05) is 56.2 Å². The molecular formula is C28H27F2N7O. The number of rotatable bonds is 5. The van der Waals surface area contributed by atoms with Gasteiger partial charge in [-0.25, -0.2) is 18.7 Å². The Labute approximate surface area is 219 Å². The second-order valence-electron chi connectivity index (χ2n) is 9.54. The van der Waals surface area contributed by atoms with Crippen LogP contribution in [0.25, 0.3) is 28.2 Å². The van der Waals surface area contributed by atoms with E-state index in [9.17, 15) is 9.65 Å². The zero-order valence-electron chi connectivity index (χ0n) is 21.0. The smallest absolute Gasteiger partial charge is 0.167 e. The van der Waals surface area contributed by atoms with E-state index in [0.717, 1.165) is 50.5 Å². The van der Waals surface area contributed by atoms with Crippen LogP contribution >= 0.6 is 0 Å². The molecule has 0 bridgehead atoms. The van der Waals surface area contributed by atoms with Gasteiger partial charge in [0.1, 0.15) is 29.0 Å². The van der Waals surface area contributed by atoms with Gasteiger partial charge in [0.25, 0.3) is 0 Å². The Morgan fingerprint density at radius 2 is 1.84 bits per heavy atom. The van der Waals surface area contributed by atoms with Crippen LogP contribution in [0.1, 0.15) is 12.0 Å². The number of methoxy groups -OCH3 is 1. The number of halogens is 2. The Bertz CT molecular complexity index is 1540. The topological polar surface area (TPSA) is 82.2 Å². The van der Waals surface area contributed by atoms with Gasteiger partial charge in [-0.05, 0) is 48.9 Å². The number of nitrogens with zero attached hydrogens (tertiary/aromatic N) is 6. The molecule has 0 unspecified atom stereocenters. The second-order valence-corrected chi connectivity index (χ2v) is 9.54. The summed E-state index contributed by atoms with van der Waals surface area (Å²) in [4.78, 5) is 13.8. The van der Waals surface area contributed by atoms with Crippen LogP contribution in [0.3, 0.4) is 0 Å². The summed E-state index contributed by atoms with van der Waals surface area (Å²) in [7, 11) is 1.69. The van der Waals surface area contributed by atoms with Gasteiger partial charge in [0.2, 0.25) is 0 Å². The third kappa shape index (κ3) is 4.23. The Morgan fingerprint density at radius 1 is 1.00 bits per heavy atom. The summed E-state index contributed by atoms with van der Waals surface area (Å²) in [5, 5.41) is 12.5. The minimum Gasteiger partial charge on any atom is -0.380 e. The first-order valence-corrected chi connectivity index (χ1v) is 12.7. The third-order valence-corrected chi connectivity index (χ3v) is 7.35. The van der Waals surface area contributed by atoms with Gasteiger partial charge in [0.15, 0.2) is 5.65 Å². The van der Waals surface area contributed by atoms with Crippen molar-refractivity contribution in [2.45, 2.75) is 12.5 Å². The number of benzene rings is 2. The number of nitriles is 1. The Morgan fingerprint density at radius 3 is 2.55 bits per heavy atom. The predicted molar refractivity (Wildman–Crippen MR) is 142 cm³/mol. The number of ether oxygens (including phenoxy) is 1. The quantitative estimate of drug-likeness (QED) is 0.432. The molecule has 2 aromatic heterocycles.